The Morgan fingerprint density at radius 2 is 2.20 bits per heavy atom. The molecule has 1 amide bonds. The fraction of sp³-hybridized carbons (Fsp3) is 0.533. The molecule has 3 N–H and O–H groups in total. The molecule has 3 atom stereocenters. The van der Waals surface area contributed by atoms with Gasteiger partial charge in [-0.05, 0) is 38.8 Å². The maximum absolute atomic E-state index is 11.5. The summed E-state index contributed by atoms with van der Waals surface area (Å²) in [5.41, 5.74) is 7.32. The third-order valence-electron chi connectivity index (χ3n) is 4.04. The van der Waals surface area contributed by atoms with Crippen LogP contribution in [0.15, 0.2) is 22.7 Å². The number of rotatable bonds is 3. The van der Waals surface area contributed by atoms with Crippen LogP contribution in [0, 0.1) is 5.92 Å². The van der Waals surface area contributed by atoms with Gasteiger partial charge in [0.2, 0.25) is 5.91 Å². The first kappa shape index (κ1) is 15.3. The first-order valence-corrected chi connectivity index (χ1v) is 7.73. The van der Waals surface area contributed by atoms with Crippen molar-refractivity contribution >= 4 is 27.5 Å². The minimum atomic E-state index is -0.542. The van der Waals surface area contributed by atoms with Crippen LogP contribution in [-0.4, -0.2) is 23.6 Å². The van der Waals surface area contributed by atoms with Gasteiger partial charge in [0.05, 0.1) is 12.0 Å². The van der Waals surface area contributed by atoms with E-state index in [1.807, 2.05) is 18.2 Å². The van der Waals surface area contributed by atoms with Crippen LogP contribution in [0.1, 0.15) is 38.4 Å². The second-order valence-corrected chi connectivity index (χ2v) is 6.47. The highest BCUT2D eigenvalue weighted by molar-refractivity contribution is 9.10. The van der Waals surface area contributed by atoms with Crippen LogP contribution in [0.25, 0.3) is 0 Å². The molecule has 0 aliphatic carbocycles. The zero-order chi connectivity index (χ0) is 14.9. The minimum absolute atomic E-state index is 0.118. The molecule has 1 fully saturated rings. The summed E-state index contributed by atoms with van der Waals surface area (Å²) in [6, 6.07) is 6.18. The maximum Gasteiger partial charge on any atom is 0.222 e. The van der Waals surface area contributed by atoms with Gasteiger partial charge >= 0.3 is 0 Å². The molecule has 2 rings (SSSR count). The van der Waals surface area contributed by atoms with Crippen molar-refractivity contribution in [3.8, 4) is 0 Å². The van der Waals surface area contributed by atoms with Gasteiger partial charge in [-0.2, -0.15) is 0 Å². The number of carbonyl (C=O) groups is 1. The third-order valence-corrected chi connectivity index (χ3v) is 4.53. The molecule has 0 spiro atoms. The van der Waals surface area contributed by atoms with Crippen LogP contribution in [0.3, 0.4) is 0 Å². The van der Waals surface area contributed by atoms with Crippen molar-refractivity contribution < 1.29 is 9.90 Å². The summed E-state index contributed by atoms with van der Waals surface area (Å²) in [6.07, 6.45) is 1.23. The second-order valence-electron chi connectivity index (χ2n) is 5.56. The Labute approximate surface area is 128 Å². The van der Waals surface area contributed by atoms with Crippen molar-refractivity contribution in [1.82, 2.24) is 0 Å². The molecule has 5 heteroatoms. The van der Waals surface area contributed by atoms with E-state index in [9.17, 15) is 9.90 Å². The number of nitrogens with zero attached hydrogens (tertiary/aromatic N) is 1. The van der Waals surface area contributed by atoms with E-state index in [0.717, 1.165) is 28.6 Å². The minimum Gasteiger partial charge on any atom is -0.389 e. The van der Waals surface area contributed by atoms with Crippen LogP contribution < -0.4 is 10.6 Å². The average molecular weight is 341 g/mol. The summed E-state index contributed by atoms with van der Waals surface area (Å²) < 4.78 is 0.963. The van der Waals surface area contributed by atoms with Gasteiger partial charge in [-0.1, -0.05) is 22.0 Å². The fourth-order valence-electron chi connectivity index (χ4n) is 2.79. The molecule has 1 aliphatic heterocycles. The summed E-state index contributed by atoms with van der Waals surface area (Å²) >= 11 is 3.48. The van der Waals surface area contributed by atoms with Crippen LogP contribution in [0.2, 0.25) is 0 Å². The van der Waals surface area contributed by atoms with Crippen LogP contribution in [0.4, 0.5) is 5.69 Å². The normalized spacial score (nSPS) is 24.5. The number of halogens is 1. The van der Waals surface area contributed by atoms with Crippen LogP contribution >= 0.6 is 15.9 Å². The molecule has 4 nitrogen and oxygen atoms in total. The SMILES string of the molecule is CC(O)c1ccc(Br)cc1N1CC(C(N)=O)CCC1C. The molecule has 3 unspecified atom stereocenters. The molecule has 1 saturated heterocycles. The lowest BCUT2D eigenvalue weighted by atomic mass is 9.91. The highest BCUT2D eigenvalue weighted by atomic mass is 79.9. The molecule has 0 aromatic heterocycles. The van der Waals surface area contributed by atoms with E-state index in [-0.39, 0.29) is 11.8 Å². The van der Waals surface area contributed by atoms with Crippen molar-refractivity contribution in [2.24, 2.45) is 11.7 Å². The largest absolute Gasteiger partial charge is 0.389 e. The number of benzene rings is 1. The highest BCUT2D eigenvalue weighted by Gasteiger charge is 2.30. The lowest BCUT2D eigenvalue weighted by Crippen LogP contribution is -2.46. The maximum atomic E-state index is 11.5. The first-order chi connectivity index (χ1) is 9.40. The average Bonchev–Trinajstić information content (AvgIpc) is 2.38. The lowest BCUT2D eigenvalue weighted by molar-refractivity contribution is -0.122. The number of hydrogen-bond donors (Lipinski definition) is 2. The Balaban J connectivity index is 2.37. The number of piperidine rings is 1. The molecule has 1 heterocycles. The van der Waals surface area contributed by atoms with Gasteiger partial charge in [0.25, 0.3) is 0 Å². The fourth-order valence-corrected chi connectivity index (χ4v) is 3.14. The molecule has 1 aromatic rings. The lowest BCUT2D eigenvalue weighted by Gasteiger charge is -2.40. The summed E-state index contributed by atoms with van der Waals surface area (Å²) in [5, 5.41) is 9.95. The van der Waals surface area contributed by atoms with Crippen molar-refractivity contribution in [1.29, 1.82) is 0 Å². The molecule has 0 saturated carbocycles. The molecule has 0 radical (unpaired) electrons. The Morgan fingerprint density at radius 1 is 1.50 bits per heavy atom. The van der Waals surface area contributed by atoms with Crippen molar-refractivity contribution in [2.45, 2.75) is 38.8 Å². The van der Waals surface area contributed by atoms with Crippen LogP contribution in [-0.2, 0) is 4.79 Å². The van der Waals surface area contributed by atoms with Crippen molar-refractivity contribution in [3.63, 3.8) is 0 Å². The number of carbonyl (C=O) groups excluding carboxylic acids is 1. The topological polar surface area (TPSA) is 66.6 Å². The van der Waals surface area contributed by atoms with E-state index in [0.29, 0.717) is 12.6 Å². The van der Waals surface area contributed by atoms with Gasteiger partial charge in [0.15, 0.2) is 0 Å². The number of hydrogen-bond acceptors (Lipinski definition) is 3. The smallest absolute Gasteiger partial charge is 0.222 e. The summed E-state index contributed by atoms with van der Waals surface area (Å²) in [5.74, 6) is -0.359. The van der Waals surface area contributed by atoms with E-state index < -0.39 is 6.10 Å². The van der Waals surface area contributed by atoms with Crippen molar-refractivity contribution in [3.05, 3.63) is 28.2 Å². The zero-order valence-corrected chi connectivity index (χ0v) is 13.4. The molecular weight excluding hydrogens is 320 g/mol. The molecular formula is C15H21BrN2O2. The summed E-state index contributed by atoms with van der Waals surface area (Å²) in [7, 11) is 0. The molecule has 0 bridgehead atoms. The highest BCUT2D eigenvalue weighted by Crippen LogP contribution is 2.34. The molecule has 1 aliphatic rings. The molecule has 20 heavy (non-hydrogen) atoms. The monoisotopic (exact) mass is 340 g/mol. The number of amides is 1. The third kappa shape index (κ3) is 3.15. The number of anilines is 1. The second kappa shape index (κ2) is 6.14. The Hall–Kier alpha value is -1.07. The number of aliphatic hydroxyl groups is 1. The van der Waals surface area contributed by atoms with E-state index in [2.05, 4.69) is 27.8 Å². The van der Waals surface area contributed by atoms with Gasteiger partial charge in [-0.25, -0.2) is 0 Å². The number of nitrogens with two attached hydrogens (primary N) is 1. The van der Waals surface area contributed by atoms with E-state index in [1.165, 1.54) is 0 Å². The predicted octanol–water partition coefficient (Wildman–Crippen LogP) is 2.59. The van der Waals surface area contributed by atoms with Gasteiger partial charge in [0.1, 0.15) is 0 Å². The Morgan fingerprint density at radius 3 is 2.80 bits per heavy atom. The van der Waals surface area contributed by atoms with Gasteiger partial charge in [0, 0.05) is 28.3 Å². The summed E-state index contributed by atoms with van der Waals surface area (Å²) in [4.78, 5) is 13.6. The standard InChI is InChI=1S/C15H21BrN2O2/c1-9-3-4-11(15(17)20)8-18(9)14-7-12(16)5-6-13(14)10(2)19/h5-7,9-11,19H,3-4,8H2,1-2H3,(H2,17,20). The van der Waals surface area contributed by atoms with Gasteiger partial charge < -0.3 is 15.7 Å². The molecule has 1 aromatic carbocycles. The predicted molar refractivity (Wildman–Crippen MR) is 83.5 cm³/mol. The van der Waals surface area contributed by atoms with Crippen LogP contribution in [0.5, 0.6) is 0 Å². The molecule has 110 valence electrons. The van der Waals surface area contributed by atoms with Gasteiger partial charge in [-0.3, -0.25) is 4.79 Å². The number of primary amides is 1. The van der Waals surface area contributed by atoms with E-state index in [4.69, 9.17) is 5.73 Å². The van der Waals surface area contributed by atoms with Gasteiger partial charge in [-0.15, -0.1) is 0 Å². The van der Waals surface area contributed by atoms with E-state index in [1.54, 1.807) is 6.92 Å². The van der Waals surface area contributed by atoms with Crippen molar-refractivity contribution in [2.75, 3.05) is 11.4 Å². The summed E-state index contributed by atoms with van der Waals surface area (Å²) in [6.45, 7) is 4.52. The van der Waals surface area contributed by atoms with E-state index >= 15 is 0 Å². The number of aliphatic hydroxyl groups excluding tert-OH is 1. The Kier molecular flexibility index (Phi) is 4.70. The first-order valence-electron chi connectivity index (χ1n) is 6.93. The quantitative estimate of drug-likeness (QED) is 0.888. The Bertz CT molecular complexity index is 505. The zero-order valence-electron chi connectivity index (χ0n) is 11.8.